The molecular weight excluding hydrogens is 294 g/mol. The Labute approximate surface area is 135 Å². The second-order valence-corrected chi connectivity index (χ2v) is 5.82. The second kappa shape index (κ2) is 6.25. The maximum Gasteiger partial charge on any atom is 0.299 e. The Kier molecular flexibility index (Phi) is 4.18. The van der Waals surface area contributed by atoms with Crippen molar-refractivity contribution < 1.29 is 4.79 Å². The van der Waals surface area contributed by atoms with Crippen LogP contribution in [-0.4, -0.2) is 17.4 Å². The van der Waals surface area contributed by atoms with E-state index >= 15 is 0 Å². The average molecular weight is 310 g/mol. The van der Waals surface area contributed by atoms with Gasteiger partial charge < -0.3 is 4.90 Å². The van der Waals surface area contributed by atoms with E-state index in [1.807, 2.05) is 29.2 Å². The van der Waals surface area contributed by atoms with Gasteiger partial charge in [0.1, 0.15) is 0 Å². The fraction of sp³-hybridized carbons (Fsp3) is 0.211. The minimum atomic E-state index is -0.137. The number of amides is 1. The summed E-state index contributed by atoms with van der Waals surface area (Å²) in [6, 6.07) is 15.6. The van der Waals surface area contributed by atoms with Crippen LogP contribution in [0.2, 0.25) is 5.02 Å². The highest BCUT2D eigenvalue weighted by atomic mass is 35.5. The van der Waals surface area contributed by atoms with Gasteiger partial charge >= 0.3 is 0 Å². The summed E-state index contributed by atoms with van der Waals surface area (Å²) in [5, 5.41) is 0.625. The molecule has 3 heteroatoms. The molecule has 2 aromatic rings. The Morgan fingerprint density at radius 2 is 2.05 bits per heavy atom. The fourth-order valence-corrected chi connectivity index (χ4v) is 3.00. The monoisotopic (exact) mass is 309 g/mol. The molecule has 2 aromatic carbocycles. The van der Waals surface area contributed by atoms with E-state index in [0.29, 0.717) is 11.6 Å². The molecule has 0 fully saturated rings. The van der Waals surface area contributed by atoms with E-state index in [1.54, 1.807) is 12.1 Å². The van der Waals surface area contributed by atoms with Crippen LogP contribution in [0.4, 0.5) is 0 Å². The molecule has 110 valence electrons. The zero-order valence-electron chi connectivity index (χ0n) is 12.3. The molecule has 0 saturated carbocycles. The molecule has 1 amide bonds. The van der Waals surface area contributed by atoms with Gasteiger partial charge in [0.25, 0.3) is 5.91 Å². The maximum atomic E-state index is 12.4. The van der Waals surface area contributed by atoms with Crippen LogP contribution in [0.15, 0.2) is 48.5 Å². The first-order valence-electron chi connectivity index (χ1n) is 7.31. The number of carbonyl (C=O) groups is 1. The van der Waals surface area contributed by atoms with Crippen molar-refractivity contribution in [2.45, 2.75) is 19.4 Å². The van der Waals surface area contributed by atoms with Gasteiger partial charge in [-0.25, -0.2) is 0 Å². The van der Waals surface area contributed by atoms with Crippen LogP contribution >= 0.6 is 11.6 Å². The molecule has 2 nitrogen and oxygen atoms in total. The Morgan fingerprint density at radius 3 is 2.86 bits per heavy atom. The summed E-state index contributed by atoms with van der Waals surface area (Å²) in [7, 11) is 0. The predicted molar refractivity (Wildman–Crippen MR) is 88.6 cm³/mol. The summed E-state index contributed by atoms with van der Waals surface area (Å²) < 4.78 is 0. The lowest BCUT2D eigenvalue weighted by molar-refractivity contribution is -0.127. The molecule has 22 heavy (non-hydrogen) atoms. The number of hydrogen-bond acceptors (Lipinski definition) is 1. The quantitative estimate of drug-likeness (QED) is 0.677. The van der Waals surface area contributed by atoms with Crippen molar-refractivity contribution >= 4 is 17.5 Å². The third-order valence-corrected chi connectivity index (χ3v) is 4.23. The lowest BCUT2D eigenvalue weighted by Crippen LogP contribution is -2.38. The number of nitrogens with zero attached hydrogens (tertiary/aromatic N) is 1. The summed E-state index contributed by atoms with van der Waals surface area (Å²) in [5.74, 6) is 5.50. The van der Waals surface area contributed by atoms with Crippen molar-refractivity contribution in [1.82, 2.24) is 4.90 Å². The topological polar surface area (TPSA) is 20.3 Å². The molecule has 0 aliphatic carbocycles. The van der Waals surface area contributed by atoms with Crippen molar-refractivity contribution in [3.63, 3.8) is 0 Å². The number of halogens is 1. The Bertz CT molecular complexity index is 772. The highest BCUT2D eigenvalue weighted by Gasteiger charge is 2.26. The highest BCUT2D eigenvalue weighted by molar-refractivity contribution is 6.30. The van der Waals surface area contributed by atoms with Crippen molar-refractivity contribution in [1.29, 1.82) is 0 Å². The third-order valence-electron chi connectivity index (χ3n) is 3.99. The Hall–Kier alpha value is -2.24. The summed E-state index contributed by atoms with van der Waals surface area (Å²) in [6.45, 7) is 2.76. The highest BCUT2D eigenvalue weighted by Crippen LogP contribution is 2.28. The summed E-state index contributed by atoms with van der Waals surface area (Å²) in [4.78, 5) is 14.2. The van der Waals surface area contributed by atoms with Crippen molar-refractivity contribution in [2.75, 3.05) is 6.54 Å². The van der Waals surface area contributed by atoms with Crippen LogP contribution < -0.4 is 0 Å². The van der Waals surface area contributed by atoms with Crippen LogP contribution in [0.3, 0.4) is 0 Å². The minimum absolute atomic E-state index is 0.0612. The lowest BCUT2D eigenvalue weighted by atomic mass is 9.93. The molecule has 0 aromatic heterocycles. The van der Waals surface area contributed by atoms with Crippen LogP contribution in [0.1, 0.15) is 29.7 Å². The number of rotatable bonds is 0. The number of fused-ring (bicyclic) bond motifs is 1. The minimum Gasteiger partial charge on any atom is -0.325 e. The molecular formula is C19H16ClNO. The van der Waals surface area contributed by atoms with Gasteiger partial charge in [-0.3, -0.25) is 4.79 Å². The smallest absolute Gasteiger partial charge is 0.299 e. The van der Waals surface area contributed by atoms with Gasteiger partial charge in [-0.2, -0.15) is 0 Å². The number of carbonyl (C=O) groups excluding carboxylic acids is 1. The average Bonchev–Trinajstić information content (AvgIpc) is 2.53. The second-order valence-electron chi connectivity index (χ2n) is 5.38. The molecule has 3 rings (SSSR count). The van der Waals surface area contributed by atoms with Gasteiger partial charge in [-0.15, -0.1) is 0 Å². The van der Waals surface area contributed by atoms with E-state index in [-0.39, 0.29) is 11.9 Å². The molecule has 1 heterocycles. The lowest BCUT2D eigenvalue weighted by Gasteiger charge is -2.33. The van der Waals surface area contributed by atoms with E-state index in [4.69, 9.17) is 11.6 Å². The van der Waals surface area contributed by atoms with Crippen molar-refractivity contribution in [3.05, 3.63) is 70.2 Å². The molecule has 0 radical (unpaired) electrons. The Morgan fingerprint density at radius 1 is 1.23 bits per heavy atom. The van der Waals surface area contributed by atoms with E-state index in [9.17, 15) is 4.79 Å². The van der Waals surface area contributed by atoms with Gasteiger partial charge in [0, 0.05) is 23.1 Å². The van der Waals surface area contributed by atoms with E-state index < -0.39 is 0 Å². The van der Waals surface area contributed by atoms with Crippen LogP contribution in [0, 0.1) is 11.8 Å². The largest absolute Gasteiger partial charge is 0.325 e. The third kappa shape index (κ3) is 3.00. The molecule has 1 unspecified atom stereocenters. The number of hydrogen-bond donors (Lipinski definition) is 0. The predicted octanol–water partition coefficient (Wildman–Crippen LogP) is 3.84. The van der Waals surface area contributed by atoms with Crippen LogP contribution in [0.5, 0.6) is 0 Å². The van der Waals surface area contributed by atoms with Gasteiger partial charge in [0.05, 0.1) is 6.04 Å². The first-order chi connectivity index (χ1) is 10.6. The van der Waals surface area contributed by atoms with E-state index in [0.717, 1.165) is 12.0 Å². The fourth-order valence-electron chi connectivity index (χ4n) is 2.81. The zero-order chi connectivity index (χ0) is 15.5. The van der Waals surface area contributed by atoms with E-state index in [2.05, 4.69) is 30.9 Å². The SMILES string of the molecule is CC1c2ccccc2CCN1C(=O)C#Cc1cccc(Cl)c1. The van der Waals surface area contributed by atoms with Crippen molar-refractivity contribution in [2.24, 2.45) is 0 Å². The summed E-state index contributed by atoms with van der Waals surface area (Å²) in [5.41, 5.74) is 3.29. The molecule has 0 bridgehead atoms. The van der Waals surface area contributed by atoms with Gasteiger partial charge in [0.15, 0.2) is 0 Å². The summed E-state index contributed by atoms with van der Waals surface area (Å²) in [6.07, 6.45) is 0.880. The summed E-state index contributed by atoms with van der Waals surface area (Å²) >= 11 is 5.93. The molecule has 0 N–H and O–H groups in total. The van der Waals surface area contributed by atoms with E-state index in [1.165, 1.54) is 11.1 Å². The van der Waals surface area contributed by atoms with Gasteiger partial charge in [-0.1, -0.05) is 47.9 Å². The van der Waals surface area contributed by atoms with Crippen LogP contribution in [0.25, 0.3) is 0 Å². The van der Waals surface area contributed by atoms with Gasteiger partial charge in [-0.05, 0) is 42.7 Å². The molecule has 1 aliphatic heterocycles. The normalized spacial score (nSPS) is 16.5. The molecule has 0 saturated heterocycles. The first-order valence-corrected chi connectivity index (χ1v) is 7.69. The van der Waals surface area contributed by atoms with Gasteiger partial charge in [0.2, 0.25) is 0 Å². The number of benzene rings is 2. The molecule has 1 aliphatic rings. The van der Waals surface area contributed by atoms with Crippen LogP contribution in [-0.2, 0) is 11.2 Å². The zero-order valence-corrected chi connectivity index (χ0v) is 13.1. The molecule has 1 atom stereocenters. The van der Waals surface area contributed by atoms with Crippen molar-refractivity contribution in [3.8, 4) is 11.8 Å². The first kappa shape index (κ1) is 14.7. The Balaban J connectivity index is 1.80. The standard InChI is InChI=1S/C19H16ClNO/c1-14-18-8-3-2-6-16(18)11-12-21(14)19(22)10-9-15-5-4-7-17(20)13-15/h2-8,13-14H,11-12H2,1H3. The molecule has 0 spiro atoms. The maximum absolute atomic E-state index is 12.4.